The Hall–Kier alpha value is -3.01. The fourth-order valence-electron chi connectivity index (χ4n) is 2.28. The van der Waals surface area contributed by atoms with Crippen LogP contribution in [-0.4, -0.2) is 33.6 Å². The van der Waals surface area contributed by atoms with Gasteiger partial charge in [0.05, 0.1) is 5.75 Å². The molecule has 1 aliphatic heterocycles. The number of thioether (sulfide) groups is 1. The lowest BCUT2D eigenvalue weighted by atomic mass is 10.2. The number of nitrogens with zero attached hydrogens (tertiary/aromatic N) is 3. The summed E-state index contributed by atoms with van der Waals surface area (Å²) < 4.78 is 21.9. The topological polar surface area (TPSA) is 113 Å². The molecule has 0 spiro atoms. The highest BCUT2D eigenvalue weighted by atomic mass is 32.2. The number of rotatable bonds is 5. The molecule has 1 N–H and O–H groups in total. The Bertz CT molecular complexity index is 925. The lowest BCUT2D eigenvalue weighted by molar-refractivity contribution is -0.113. The molecule has 0 aliphatic carbocycles. The Labute approximate surface area is 152 Å². The Morgan fingerprint density at radius 3 is 2.96 bits per heavy atom. The first-order valence-corrected chi connectivity index (χ1v) is 8.74. The van der Waals surface area contributed by atoms with E-state index in [0.717, 1.165) is 11.8 Å². The maximum absolute atomic E-state index is 11.9. The summed E-state index contributed by atoms with van der Waals surface area (Å²) in [6, 6.07) is 8.99. The third-order valence-electron chi connectivity index (χ3n) is 3.43. The minimum atomic E-state index is -0.487. The minimum absolute atomic E-state index is 0.0956. The van der Waals surface area contributed by atoms with Crippen molar-refractivity contribution in [2.45, 2.75) is 18.3 Å². The molecule has 1 aromatic carbocycles. The normalized spacial score (nSPS) is 15.7. The van der Waals surface area contributed by atoms with Crippen molar-refractivity contribution in [2.24, 2.45) is 0 Å². The standard InChI is InChI=1S/C16H14N4O5S/c1-9-6-13(20-25-9)17-14(21)8-26-16-19-18-15(24-16)12-7-22-10-4-2-3-5-11(10)23-12/h2-6,12H,7-8H2,1H3,(H,17,20,21)/t12-/m0/s1. The van der Waals surface area contributed by atoms with Crippen molar-refractivity contribution in [3.8, 4) is 11.5 Å². The summed E-state index contributed by atoms with van der Waals surface area (Å²) in [7, 11) is 0. The monoisotopic (exact) mass is 374 g/mol. The molecule has 0 fully saturated rings. The van der Waals surface area contributed by atoms with Crippen LogP contribution in [0.3, 0.4) is 0 Å². The van der Waals surface area contributed by atoms with E-state index in [1.807, 2.05) is 24.3 Å². The molecule has 2 aromatic heterocycles. The average molecular weight is 374 g/mol. The second kappa shape index (κ2) is 7.08. The van der Waals surface area contributed by atoms with Crippen LogP contribution in [0.15, 0.2) is 44.5 Å². The van der Waals surface area contributed by atoms with Crippen LogP contribution in [0.5, 0.6) is 11.5 Å². The van der Waals surface area contributed by atoms with Gasteiger partial charge in [0.25, 0.3) is 11.1 Å². The molecule has 0 saturated heterocycles. The second-order valence-electron chi connectivity index (χ2n) is 5.43. The maximum atomic E-state index is 11.9. The van der Waals surface area contributed by atoms with E-state index in [1.54, 1.807) is 13.0 Å². The van der Waals surface area contributed by atoms with Crippen molar-refractivity contribution in [2.75, 3.05) is 17.7 Å². The number of anilines is 1. The number of hydrogen-bond donors (Lipinski definition) is 1. The molecule has 1 amide bonds. The third kappa shape index (κ3) is 3.64. The van der Waals surface area contributed by atoms with Crippen molar-refractivity contribution >= 4 is 23.5 Å². The molecule has 1 atom stereocenters. The largest absolute Gasteiger partial charge is 0.485 e. The van der Waals surface area contributed by atoms with Gasteiger partial charge in [0.1, 0.15) is 12.4 Å². The number of aryl methyl sites for hydroxylation is 1. The highest BCUT2D eigenvalue weighted by Crippen LogP contribution is 2.35. The van der Waals surface area contributed by atoms with E-state index in [9.17, 15) is 4.79 Å². The second-order valence-corrected chi connectivity index (χ2v) is 6.36. The molecule has 0 radical (unpaired) electrons. The lowest BCUT2D eigenvalue weighted by Crippen LogP contribution is -2.21. The highest BCUT2D eigenvalue weighted by Gasteiger charge is 2.27. The lowest BCUT2D eigenvalue weighted by Gasteiger charge is -2.23. The van der Waals surface area contributed by atoms with Crippen LogP contribution in [-0.2, 0) is 4.79 Å². The predicted molar refractivity (Wildman–Crippen MR) is 90.2 cm³/mol. The smallest absolute Gasteiger partial charge is 0.277 e. The zero-order chi connectivity index (χ0) is 17.9. The van der Waals surface area contributed by atoms with E-state index in [-0.39, 0.29) is 23.5 Å². The SMILES string of the molecule is Cc1cc(NC(=O)CSc2nnc([C@@H]3COc4ccccc4O3)o2)no1. The van der Waals surface area contributed by atoms with Gasteiger partial charge in [-0.2, -0.15) is 0 Å². The highest BCUT2D eigenvalue weighted by molar-refractivity contribution is 7.99. The molecule has 4 rings (SSSR count). The van der Waals surface area contributed by atoms with E-state index in [2.05, 4.69) is 20.7 Å². The van der Waals surface area contributed by atoms with Crippen LogP contribution in [0.1, 0.15) is 17.8 Å². The first-order valence-electron chi connectivity index (χ1n) is 7.75. The predicted octanol–water partition coefficient (Wildman–Crippen LogP) is 2.61. The van der Waals surface area contributed by atoms with Crippen LogP contribution in [0, 0.1) is 6.92 Å². The zero-order valence-electron chi connectivity index (χ0n) is 13.7. The fourth-order valence-corrected chi connectivity index (χ4v) is 2.85. The van der Waals surface area contributed by atoms with Crippen LogP contribution >= 0.6 is 11.8 Å². The van der Waals surface area contributed by atoms with Gasteiger partial charge in [0, 0.05) is 6.07 Å². The summed E-state index contributed by atoms with van der Waals surface area (Å²) in [5, 5.41) is 14.5. The van der Waals surface area contributed by atoms with Crippen LogP contribution < -0.4 is 14.8 Å². The molecule has 0 saturated carbocycles. The molecule has 1 aliphatic rings. The van der Waals surface area contributed by atoms with Crippen molar-refractivity contribution in [3.63, 3.8) is 0 Å². The molecule has 134 valence electrons. The molecular weight excluding hydrogens is 360 g/mol. The summed E-state index contributed by atoms with van der Waals surface area (Å²) in [6.07, 6.45) is -0.487. The van der Waals surface area contributed by atoms with Gasteiger partial charge in [0.2, 0.25) is 12.0 Å². The van der Waals surface area contributed by atoms with Gasteiger partial charge in [-0.3, -0.25) is 4.79 Å². The molecule has 3 aromatic rings. The Balaban J connectivity index is 1.33. The van der Waals surface area contributed by atoms with Gasteiger partial charge in [0.15, 0.2) is 17.3 Å². The van der Waals surface area contributed by atoms with Gasteiger partial charge in [-0.1, -0.05) is 29.1 Å². The number of fused-ring (bicyclic) bond motifs is 1. The van der Waals surface area contributed by atoms with E-state index < -0.39 is 6.10 Å². The van der Waals surface area contributed by atoms with Crippen molar-refractivity contribution < 1.29 is 23.2 Å². The quantitative estimate of drug-likeness (QED) is 0.673. The zero-order valence-corrected chi connectivity index (χ0v) is 14.5. The van der Waals surface area contributed by atoms with Crippen LogP contribution in [0.4, 0.5) is 5.82 Å². The summed E-state index contributed by atoms with van der Waals surface area (Å²) in [5.41, 5.74) is 0. The van der Waals surface area contributed by atoms with Crippen LogP contribution in [0.25, 0.3) is 0 Å². The van der Waals surface area contributed by atoms with Crippen molar-refractivity contribution in [3.05, 3.63) is 42.0 Å². The number of amides is 1. The van der Waals surface area contributed by atoms with E-state index in [4.69, 9.17) is 18.4 Å². The van der Waals surface area contributed by atoms with Gasteiger partial charge < -0.3 is 23.7 Å². The number of ether oxygens (including phenoxy) is 2. The third-order valence-corrected chi connectivity index (χ3v) is 4.25. The number of carbonyl (C=O) groups excluding carboxylic acids is 1. The first-order chi connectivity index (χ1) is 12.7. The van der Waals surface area contributed by atoms with Crippen molar-refractivity contribution in [1.82, 2.24) is 15.4 Å². The van der Waals surface area contributed by atoms with Gasteiger partial charge >= 0.3 is 0 Å². The Morgan fingerprint density at radius 2 is 2.15 bits per heavy atom. The van der Waals surface area contributed by atoms with Crippen LogP contribution in [0.2, 0.25) is 0 Å². The fraction of sp³-hybridized carbons (Fsp3) is 0.250. The van der Waals surface area contributed by atoms with Gasteiger partial charge in [-0.05, 0) is 19.1 Å². The number of nitrogens with one attached hydrogen (secondary N) is 1. The molecule has 0 bridgehead atoms. The molecule has 3 heterocycles. The Morgan fingerprint density at radius 1 is 1.31 bits per heavy atom. The average Bonchev–Trinajstić information content (AvgIpc) is 3.28. The summed E-state index contributed by atoms with van der Waals surface area (Å²) in [6.45, 7) is 2.02. The number of hydrogen-bond acceptors (Lipinski definition) is 9. The van der Waals surface area contributed by atoms with Gasteiger partial charge in [-0.25, -0.2) is 0 Å². The Kier molecular flexibility index (Phi) is 4.48. The number of benzene rings is 1. The molecule has 10 heteroatoms. The molecular formula is C16H14N4O5S. The van der Waals surface area contributed by atoms with Crippen molar-refractivity contribution in [1.29, 1.82) is 0 Å². The van der Waals surface area contributed by atoms with E-state index in [1.165, 1.54) is 0 Å². The first kappa shape index (κ1) is 16.5. The van der Waals surface area contributed by atoms with Gasteiger partial charge in [-0.15, -0.1) is 10.2 Å². The summed E-state index contributed by atoms with van der Waals surface area (Å²) in [4.78, 5) is 11.9. The molecule has 26 heavy (non-hydrogen) atoms. The molecule has 0 unspecified atom stereocenters. The maximum Gasteiger partial charge on any atom is 0.277 e. The van der Waals surface area contributed by atoms with E-state index >= 15 is 0 Å². The number of para-hydroxylation sites is 2. The number of aromatic nitrogens is 3. The minimum Gasteiger partial charge on any atom is -0.485 e. The summed E-state index contributed by atoms with van der Waals surface area (Å²) in [5.74, 6) is 2.43. The number of carbonyl (C=O) groups is 1. The molecule has 9 nitrogen and oxygen atoms in total. The van der Waals surface area contributed by atoms with E-state index in [0.29, 0.717) is 29.0 Å². The summed E-state index contributed by atoms with van der Waals surface area (Å²) >= 11 is 1.12.